The third-order valence-electron chi connectivity index (χ3n) is 5.96. The average molecular weight is 389 g/mol. The molecule has 1 saturated carbocycles. The largest absolute Gasteiger partial charge is 0.465 e. The first kappa shape index (κ1) is 22.6. The van der Waals surface area contributed by atoms with Gasteiger partial charge >= 0.3 is 5.97 Å². The van der Waals surface area contributed by atoms with Crippen LogP contribution in [0, 0.1) is 17.8 Å². The molecule has 1 heterocycles. The molecule has 158 valence electrons. The van der Waals surface area contributed by atoms with Crippen LogP contribution in [0.1, 0.15) is 59.8 Å². The monoisotopic (exact) mass is 388 g/mol. The van der Waals surface area contributed by atoms with E-state index in [2.05, 4.69) is 13.8 Å². The van der Waals surface area contributed by atoms with Crippen LogP contribution >= 0.6 is 0 Å². The third kappa shape index (κ3) is 6.12. The van der Waals surface area contributed by atoms with Gasteiger partial charge in [-0.2, -0.15) is 0 Å². The topological polar surface area (TPSA) is 105 Å². The van der Waals surface area contributed by atoms with E-state index in [1.165, 1.54) is 0 Å². The number of hydrogen-bond donors (Lipinski definition) is 3. The first-order valence-corrected chi connectivity index (χ1v) is 10.3. The number of rotatable bonds is 10. The van der Waals surface area contributed by atoms with Crippen molar-refractivity contribution >= 4 is 5.97 Å². The number of ether oxygens (including phenoxy) is 3. The van der Waals surface area contributed by atoms with E-state index >= 15 is 0 Å². The fourth-order valence-corrected chi connectivity index (χ4v) is 3.56. The van der Waals surface area contributed by atoms with Gasteiger partial charge in [-0.15, -0.1) is 0 Å². The van der Waals surface area contributed by atoms with Crippen molar-refractivity contribution in [3.8, 4) is 0 Å². The van der Waals surface area contributed by atoms with E-state index in [-0.39, 0.29) is 18.0 Å². The van der Waals surface area contributed by atoms with Crippen LogP contribution in [0.3, 0.4) is 0 Å². The van der Waals surface area contributed by atoms with Gasteiger partial charge in [-0.05, 0) is 44.9 Å². The Kier molecular flexibility index (Phi) is 8.49. The van der Waals surface area contributed by atoms with E-state index in [0.717, 1.165) is 32.1 Å². The molecule has 1 aliphatic carbocycles. The van der Waals surface area contributed by atoms with Gasteiger partial charge in [-0.3, -0.25) is 4.79 Å². The molecule has 0 spiro atoms. The van der Waals surface area contributed by atoms with Crippen molar-refractivity contribution in [3.05, 3.63) is 0 Å². The lowest BCUT2D eigenvalue weighted by molar-refractivity contribution is -0.303. The summed E-state index contributed by atoms with van der Waals surface area (Å²) in [6.45, 7) is 8.23. The molecule has 2 aliphatic rings. The average Bonchev–Trinajstić information content (AvgIpc) is 3.43. The van der Waals surface area contributed by atoms with Crippen molar-refractivity contribution in [1.82, 2.24) is 0 Å². The van der Waals surface area contributed by atoms with Gasteiger partial charge in [0.2, 0.25) is 0 Å². The van der Waals surface area contributed by atoms with Crippen LogP contribution in [-0.4, -0.2) is 64.7 Å². The quantitative estimate of drug-likeness (QED) is 0.488. The number of esters is 1. The normalized spacial score (nSPS) is 37.3. The van der Waals surface area contributed by atoms with Crippen LogP contribution in [0.5, 0.6) is 0 Å². The molecule has 7 nitrogen and oxygen atoms in total. The molecule has 0 bridgehead atoms. The van der Waals surface area contributed by atoms with E-state index in [1.807, 2.05) is 6.92 Å². The molecule has 7 heteroatoms. The summed E-state index contributed by atoms with van der Waals surface area (Å²) in [5.74, 6) is 0.684. The zero-order chi connectivity index (χ0) is 20.1. The van der Waals surface area contributed by atoms with Crippen LogP contribution in [-0.2, 0) is 19.0 Å². The lowest BCUT2D eigenvalue weighted by Gasteiger charge is -2.39. The minimum Gasteiger partial charge on any atom is -0.465 e. The zero-order valence-corrected chi connectivity index (χ0v) is 16.9. The molecule has 2 fully saturated rings. The van der Waals surface area contributed by atoms with Crippen LogP contribution in [0.2, 0.25) is 0 Å². The van der Waals surface area contributed by atoms with Crippen molar-refractivity contribution in [1.29, 1.82) is 0 Å². The molecule has 0 unspecified atom stereocenters. The van der Waals surface area contributed by atoms with E-state index < -0.39 is 30.7 Å². The van der Waals surface area contributed by atoms with Crippen molar-refractivity contribution < 1.29 is 34.3 Å². The first-order valence-electron chi connectivity index (χ1n) is 10.3. The Hall–Kier alpha value is -0.730. The molecule has 2 rings (SSSR count). The maximum absolute atomic E-state index is 12.1. The van der Waals surface area contributed by atoms with Crippen LogP contribution in [0.25, 0.3) is 0 Å². The fourth-order valence-electron chi connectivity index (χ4n) is 3.56. The first-order chi connectivity index (χ1) is 12.8. The summed E-state index contributed by atoms with van der Waals surface area (Å²) in [5.41, 5.74) is 0. The molecule has 0 aromatic rings. The van der Waals surface area contributed by atoms with Crippen molar-refractivity contribution in [2.75, 3.05) is 6.61 Å². The minimum atomic E-state index is -1.29. The highest BCUT2D eigenvalue weighted by atomic mass is 16.7. The Balaban J connectivity index is 1.66. The highest BCUT2D eigenvalue weighted by Crippen LogP contribution is 2.43. The summed E-state index contributed by atoms with van der Waals surface area (Å²) in [4.78, 5) is 12.1. The Labute approximate surface area is 162 Å². The molecule has 3 N–H and O–H groups in total. The maximum Gasteiger partial charge on any atom is 0.309 e. The lowest BCUT2D eigenvalue weighted by atomic mass is 10.00. The van der Waals surface area contributed by atoms with Crippen molar-refractivity contribution in [2.45, 2.75) is 96.6 Å². The summed E-state index contributed by atoms with van der Waals surface area (Å²) in [7, 11) is 0. The molecule has 0 aromatic heterocycles. The van der Waals surface area contributed by atoms with Crippen molar-refractivity contribution in [2.24, 2.45) is 17.8 Å². The summed E-state index contributed by atoms with van der Waals surface area (Å²) in [6, 6.07) is 0. The van der Waals surface area contributed by atoms with Gasteiger partial charge in [-0.1, -0.05) is 26.7 Å². The minimum absolute atomic E-state index is 0.0000691. The Bertz CT molecular complexity index is 467. The van der Waals surface area contributed by atoms with Gasteiger partial charge in [0.05, 0.1) is 24.7 Å². The van der Waals surface area contributed by atoms with E-state index in [4.69, 9.17) is 14.2 Å². The number of aliphatic hydroxyl groups is 3. The summed E-state index contributed by atoms with van der Waals surface area (Å²) >= 11 is 0. The summed E-state index contributed by atoms with van der Waals surface area (Å²) < 4.78 is 16.6. The van der Waals surface area contributed by atoms with E-state index in [1.54, 1.807) is 6.92 Å². The summed E-state index contributed by atoms with van der Waals surface area (Å²) in [5, 5.41) is 29.5. The molecular weight excluding hydrogens is 352 g/mol. The number of carbonyl (C=O) groups excluding carboxylic acids is 1. The lowest BCUT2D eigenvalue weighted by Crippen LogP contribution is -2.57. The number of aliphatic hydroxyl groups excluding tert-OH is 3. The smallest absolute Gasteiger partial charge is 0.309 e. The van der Waals surface area contributed by atoms with Gasteiger partial charge < -0.3 is 29.5 Å². The molecule has 8 atom stereocenters. The Morgan fingerprint density at radius 3 is 2.44 bits per heavy atom. The maximum atomic E-state index is 12.1. The van der Waals surface area contributed by atoms with Gasteiger partial charge in [-0.25, -0.2) is 0 Å². The SMILES string of the molecule is CCC(CC)COC(=O)[C@H]1C[C@H]1CC[C@@H](C)O[C@@H]1O[C@@H](C)[C@@H](O)[C@@H](O)[C@@H]1O. The zero-order valence-electron chi connectivity index (χ0n) is 16.9. The second kappa shape index (κ2) is 10.2. The predicted molar refractivity (Wildman–Crippen MR) is 98.8 cm³/mol. The van der Waals surface area contributed by atoms with Gasteiger partial charge in [0.1, 0.15) is 18.3 Å². The molecule has 0 aromatic carbocycles. The molecular formula is C20H36O7. The number of carbonyl (C=O) groups is 1. The third-order valence-corrected chi connectivity index (χ3v) is 5.96. The Morgan fingerprint density at radius 2 is 1.81 bits per heavy atom. The van der Waals surface area contributed by atoms with Crippen LogP contribution < -0.4 is 0 Å². The van der Waals surface area contributed by atoms with E-state index in [0.29, 0.717) is 18.4 Å². The highest BCUT2D eigenvalue weighted by Gasteiger charge is 2.45. The van der Waals surface area contributed by atoms with Crippen LogP contribution in [0.4, 0.5) is 0 Å². The fraction of sp³-hybridized carbons (Fsp3) is 0.950. The van der Waals surface area contributed by atoms with Crippen LogP contribution in [0.15, 0.2) is 0 Å². The predicted octanol–water partition coefficient (Wildman–Crippen LogP) is 1.61. The molecule has 0 radical (unpaired) electrons. The highest BCUT2D eigenvalue weighted by molar-refractivity contribution is 5.75. The van der Waals surface area contributed by atoms with E-state index in [9.17, 15) is 20.1 Å². The second-order valence-electron chi connectivity index (χ2n) is 8.12. The van der Waals surface area contributed by atoms with Gasteiger partial charge in [0.25, 0.3) is 0 Å². The second-order valence-corrected chi connectivity index (χ2v) is 8.12. The molecule has 27 heavy (non-hydrogen) atoms. The molecule has 0 amide bonds. The Morgan fingerprint density at radius 1 is 1.15 bits per heavy atom. The van der Waals surface area contributed by atoms with Gasteiger partial charge in [0, 0.05) is 0 Å². The number of hydrogen-bond acceptors (Lipinski definition) is 7. The standard InChI is InChI=1S/C20H36O7/c1-5-13(6-2)10-25-19(24)15-9-14(15)8-7-11(3)26-20-18(23)17(22)16(21)12(4)27-20/h11-18,20-23H,5-10H2,1-4H3/t11-,12+,14-,15+,16-,17-,18+,20-/m1/s1. The molecule has 1 saturated heterocycles. The van der Waals surface area contributed by atoms with Gasteiger partial charge in [0.15, 0.2) is 6.29 Å². The summed E-state index contributed by atoms with van der Waals surface area (Å²) in [6.07, 6.45) is -1.01. The molecule has 1 aliphatic heterocycles. The van der Waals surface area contributed by atoms with Crippen molar-refractivity contribution in [3.63, 3.8) is 0 Å².